The second kappa shape index (κ2) is 9.00. The molecule has 26 heavy (non-hydrogen) atoms. The molecule has 0 spiro atoms. The monoisotopic (exact) mass is 399 g/mol. The number of carbonyl (C=O) groups excluding carboxylic acids is 2. The van der Waals surface area contributed by atoms with E-state index in [1.807, 2.05) is 11.5 Å². The van der Waals surface area contributed by atoms with Crippen LogP contribution in [0.5, 0.6) is 0 Å². The fourth-order valence-corrected chi connectivity index (χ4v) is 3.27. The van der Waals surface area contributed by atoms with Crippen molar-refractivity contribution >= 4 is 40.9 Å². The van der Waals surface area contributed by atoms with Crippen LogP contribution in [0.25, 0.3) is 0 Å². The lowest BCUT2D eigenvalue weighted by molar-refractivity contribution is -0.118. The Bertz CT molecular complexity index is 814. The van der Waals surface area contributed by atoms with E-state index >= 15 is 0 Å². The van der Waals surface area contributed by atoms with Crippen molar-refractivity contribution in [2.24, 2.45) is 5.73 Å². The van der Waals surface area contributed by atoms with Crippen molar-refractivity contribution in [2.45, 2.75) is 43.6 Å². The van der Waals surface area contributed by atoms with Gasteiger partial charge in [-0.05, 0) is 32.0 Å². The van der Waals surface area contributed by atoms with Crippen LogP contribution in [0.1, 0.15) is 26.1 Å². The van der Waals surface area contributed by atoms with Crippen molar-refractivity contribution in [1.82, 2.24) is 14.8 Å². The SMILES string of the molecule is CCn1c(CCC(N)=O)nnc1S[C@H](C)C(=O)Nc1ccc(Cl)cc1F. The van der Waals surface area contributed by atoms with Crippen LogP contribution < -0.4 is 11.1 Å². The molecule has 1 aromatic carbocycles. The number of benzene rings is 1. The summed E-state index contributed by atoms with van der Waals surface area (Å²) in [7, 11) is 0. The number of nitrogens with one attached hydrogen (secondary N) is 1. The number of aryl methyl sites for hydroxylation is 1. The first-order valence-corrected chi connectivity index (χ1v) is 9.20. The Kier molecular flexibility index (Phi) is 6.98. The van der Waals surface area contributed by atoms with Crippen LogP contribution in [0.2, 0.25) is 5.02 Å². The van der Waals surface area contributed by atoms with Crippen molar-refractivity contribution < 1.29 is 14.0 Å². The zero-order valence-electron chi connectivity index (χ0n) is 14.3. The van der Waals surface area contributed by atoms with Gasteiger partial charge in [0.25, 0.3) is 0 Å². The molecule has 7 nitrogen and oxygen atoms in total. The second-order valence-corrected chi connectivity index (χ2v) is 7.23. The average molecular weight is 400 g/mol. The number of halogens is 2. The molecule has 0 saturated carbocycles. The number of primary amides is 1. The van der Waals surface area contributed by atoms with Crippen LogP contribution >= 0.6 is 23.4 Å². The Morgan fingerprint density at radius 2 is 2.15 bits per heavy atom. The second-order valence-electron chi connectivity index (χ2n) is 5.48. The molecule has 0 saturated heterocycles. The van der Waals surface area contributed by atoms with Crippen molar-refractivity contribution in [3.8, 4) is 0 Å². The van der Waals surface area contributed by atoms with Crippen LogP contribution in [-0.4, -0.2) is 31.8 Å². The number of rotatable bonds is 8. The van der Waals surface area contributed by atoms with Gasteiger partial charge in [0, 0.05) is 24.4 Å². The molecule has 0 unspecified atom stereocenters. The first-order chi connectivity index (χ1) is 12.3. The van der Waals surface area contributed by atoms with Gasteiger partial charge in [0.2, 0.25) is 11.8 Å². The summed E-state index contributed by atoms with van der Waals surface area (Å²) in [5.74, 6) is -0.762. The minimum absolute atomic E-state index is 0.0611. The van der Waals surface area contributed by atoms with Gasteiger partial charge in [0.15, 0.2) is 5.16 Å². The van der Waals surface area contributed by atoms with Crippen LogP contribution in [0.3, 0.4) is 0 Å². The van der Waals surface area contributed by atoms with E-state index in [2.05, 4.69) is 15.5 Å². The minimum atomic E-state index is -0.603. The molecule has 0 aliphatic heterocycles. The highest BCUT2D eigenvalue weighted by Crippen LogP contribution is 2.25. The summed E-state index contributed by atoms with van der Waals surface area (Å²) < 4.78 is 15.6. The van der Waals surface area contributed by atoms with Gasteiger partial charge < -0.3 is 15.6 Å². The summed E-state index contributed by atoms with van der Waals surface area (Å²) in [6.45, 7) is 4.18. The van der Waals surface area contributed by atoms with E-state index in [4.69, 9.17) is 17.3 Å². The van der Waals surface area contributed by atoms with E-state index in [-0.39, 0.29) is 23.0 Å². The van der Waals surface area contributed by atoms with Gasteiger partial charge in [-0.25, -0.2) is 4.39 Å². The molecule has 0 radical (unpaired) electrons. The smallest absolute Gasteiger partial charge is 0.237 e. The molecule has 0 bridgehead atoms. The maximum atomic E-state index is 13.8. The lowest BCUT2D eigenvalue weighted by Gasteiger charge is -2.13. The van der Waals surface area contributed by atoms with Crippen LogP contribution in [-0.2, 0) is 22.6 Å². The Balaban J connectivity index is 2.05. The van der Waals surface area contributed by atoms with Gasteiger partial charge >= 0.3 is 0 Å². The maximum absolute atomic E-state index is 13.8. The summed E-state index contributed by atoms with van der Waals surface area (Å²) in [6.07, 6.45) is 0.558. The van der Waals surface area contributed by atoms with E-state index in [9.17, 15) is 14.0 Å². The van der Waals surface area contributed by atoms with E-state index in [0.717, 1.165) is 6.07 Å². The van der Waals surface area contributed by atoms with Gasteiger partial charge in [0.05, 0.1) is 10.9 Å². The molecule has 10 heteroatoms. The Morgan fingerprint density at radius 1 is 1.42 bits per heavy atom. The van der Waals surface area contributed by atoms with Crippen molar-refractivity contribution in [2.75, 3.05) is 5.32 Å². The maximum Gasteiger partial charge on any atom is 0.237 e. The van der Waals surface area contributed by atoms with Crippen LogP contribution in [0, 0.1) is 5.82 Å². The van der Waals surface area contributed by atoms with Crippen molar-refractivity contribution in [3.05, 3.63) is 34.9 Å². The van der Waals surface area contributed by atoms with Gasteiger partial charge in [-0.3, -0.25) is 9.59 Å². The molecule has 0 aliphatic carbocycles. The number of aromatic nitrogens is 3. The quantitative estimate of drug-likeness (QED) is 0.664. The first kappa shape index (κ1) is 20.2. The number of thioether (sulfide) groups is 1. The number of hydrogen-bond donors (Lipinski definition) is 2. The summed E-state index contributed by atoms with van der Waals surface area (Å²) in [5, 5.41) is 10.9. The molecule has 1 heterocycles. The summed E-state index contributed by atoms with van der Waals surface area (Å²) in [6, 6.07) is 4.04. The molecule has 140 valence electrons. The fourth-order valence-electron chi connectivity index (χ4n) is 2.18. The van der Waals surface area contributed by atoms with Gasteiger partial charge in [0.1, 0.15) is 11.6 Å². The lowest BCUT2D eigenvalue weighted by Crippen LogP contribution is -2.23. The standard InChI is InChI=1S/C16H19ClFN5O2S/c1-3-23-14(7-6-13(19)24)21-22-16(23)26-9(2)15(25)20-12-5-4-10(17)8-11(12)18/h4-5,8-9H,3,6-7H2,1-2H3,(H2,19,24)(H,20,25)/t9-/m1/s1. The fraction of sp³-hybridized carbons (Fsp3) is 0.375. The molecule has 2 rings (SSSR count). The van der Waals surface area contributed by atoms with Crippen LogP contribution in [0.15, 0.2) is 23.4 Å². The summed E-state index contributed by atoms with van der Waals surface area (Å²) in [4.78, 5) is 23.3. The third kappa shape index (κ3) is 5.18. The Hall–Kier alpha value is -2.13. The first-order valence-electron chi connectivity index (χ1n) is 7.94. The molecule has 3 N–H and O–H groups in total. The van der Waals surface area contributed by atoms with Crippen molar-refractivity contribution in [3.63, 3.8) is 0 Å². The van der Waals surface area contributed by atoms with Gasteiger partial charge in [-0.2, -0.15) is 0 Å². The third-order valence-electron chi connectivity index (χ3n) is 3.55. The highest BCUT2D eigenvalue weighted by molar-refractivity contribution is 8.00. The van der Waals surface area contributed by atoms with Gasteiger partial charge in [-0.1, -0.05) is 23.4 Å². The lowest BCUT2D eigenvalue weighted by atomic mass is 10.3. The van der Waals surface area contributed by atoms with E-state index < -0.39 is 17.0 Å². The van der Waals surface area contributed by atoms with E-state index in [1.54, 1.807) is 6.92 Å². The predicted molar refractivity (Wildman–Crippen MR) is 98.6 cm³/mol. The zero-order valence-corrected chi connectivity index (χ0v) is 15.9. The van der Waals surface area contributed by atoms with E-state index in [0.29, 0.717) is 23.9 Å². The number of nitrogens with two attached hydrogens (primary N) is 1. The topological polar surface area (TPSA) is 103 Å². The molecule has 1 atom stereocenters. The molecule has 0 aliphatic rings. The zero-order chi connectivity index (χ0) is 19.3. The number of nitrogens with zero attached hydrogens (tertiary/aromatic N) is 3. The van der Waals surface area contributed by atoms with E-state index in [1.165, 1.54) is 23.9 Å². The molecule has 0 fully saturated rings. The Morgan fingerprint density at radius 3 is 2.77 bits per heavy atom. The predicted octanol–water partition coefficient (Wildman–Crippen LogP) is 2.63. The largest absolute Gasteiger partial charge is 0.370 e. The van der Waals surface area contributed by atoms with Crippen LogP contribution in [0.4, 0.5) is 10.1 Å². The molecular formula is C16H19ClFN5O2S. The van der Waals surface area contributed by atoms with Gasteiger partial charge in [-0.15, -0.1) is 10.2 Å². The average Bonchev–Trinajstić information content (AvgIpc) is 2.96. The van der Waals surface area contributed by atoms with Crippen molar-refractivity contribution in [1.29, 1.82) is 0 Å². The normalized spacial score (nSPS) is 12.0. The molecule has 2 amide bonds. The Labute approximate surface area is 159 Å². The molecule has 2 aromatic rings. The highest BCUT2D eigenvalue weighted by atomic mass is 35.5. The third-order valence-corrected chi connectivity index (χ3v) is 4.86. The molecule has 1 aromatic heterocycles. The minimum Gasteiger partial charge on any atom is -0.370 e. The molecular weight excluding hydrogens is 381 g/mol. The number of carbonyl (C=O) groups is 2. The highest BCUT2D eigenvalue weighted by Gasteiger charge is 2.20. The number of anilines is 1. The summed E-state index contributed by atoms with van der Waals surface area (Å²) in [5.41, 5.74) is 5.22. The number of amides is 2. The summed E-state index contributed by atoms with van der Waals surface area (Å²) >= 11 is 6.90. The number of hydrogen-bond acceptors (Lipinski definition) is 5.